The van der Waals surface area contributed by atoms with Crippen molar-refractivity contribution in [1.29, 1.82) is 5.26 Å². The molecular weight excluding hydrogens is 260 g/mol. The number of nitriles is 1. The number of halogens is 2. The molecule has 0 saturated heterocycles. The van der Waals surface area contributed by atoms with Gasteiger partial charge in [0.1, 0.15) is 17.4 Å². The van der Waals surface area contributed by atoms with Gasteiger partial charge in [-0.1, -0.05) is 6.07 Å². The van der Waals surface area contributed by atoms with Crippen LogP contribution in [0.3, 0.4) is 0 Å². The fourth-order valence-electron chi connectivity index (χ4n) is 2.49. The molecule has 0 bridgehead atoms. The summed E-state index contributed by atoms with van der Waals surface area (Å²) in [5.41, 5.74) is 1.97. The number of fused-ring (bicyclic) bond motifs is 1. The van der Waals surface area contributed by atoms with Crippen LogP contribution < -0.4 is 4.74 Å². The summed E-state index contributed by atoms with van der Waals surface area (Å²) in [5.74, 6) is -0.269. The van der Waals surface area contributed by atoms with Crippen molar-refractivity contribution in [1.82, 2.24) is 0 Å². The summed E-state index contributed by atoms with van der Waals surface area (Å²) < 4.78 is 32.6. The number of benzene rings is 2. The van der Waals surface area contributed by atoms with E-state index in [1.54, 1.807) is 0 Å². The van der Waals surface area contributed by atoms with E-state index in [-0.39, 0.29) is 11.4 Å². The first-order chi connectivity index (χ1) is 9.69. The van der Waals surface area contributed by atoms with Crippen LogP contribution in [0, 0.1) is 23.0 Å². The Morgan fingerprint density at radius 3 is 2.70 bits per heavy atom. The summed E-state index contributed by atoms with van der Waals surface area (Å²) in [6, 6.07) is 8.62. The monoisotopic (exact) mass is 271 g/mol. The van der Waals surface area contributed by atoms with Crippen molar-refractivity contribution < 1.29 is 13.5 Å². The van der Waals surface area contributed by atoms with Crippen molar-refractivity contribution in [2.75, 3.05) is 6.61 Å². The first-order valence-corrected chi connectivity index (χ1v) is 6.34. The molecule has 2 nitrogen and oxygen atoms in total. The van der Waals surface area contributed by atoms with Crippen LogP contribution >= 0.6 is 0 Å². The van der Waals surface area contributed by atoms with Crippen LogP contribution in [0.15, 0.2) is 30.3 Å². The molecule has 0 atom stereocenters. The molecule has 100 valence electrons. The van der Waals surface area contributed by atoms with Gasteiger partial charge in [-0.3, -0.25) is 0 Å². The van der Waals surface area contributed by atoms with Gasteiger partial charge >= 0.3 is 0 Å². The number of aryl methyl sites for hydroxylation is 1. The van der Waals surface area contributed by atoms with Gasteiger partial charge < -0.3 is 4.74 Å². The average Bonchev–Trinajstić information content (AvgIpc) is 2.46. The molecule has 0 saturated carbocycles. The summed E-state index contributed by atoms with van der Waals surface area (Å²) in [6.07, 6.45) is 1.58. The molecule has 3 rings (SSSR count). The maximum Gasteiger partial charge on any atom is 0.130 e. The molecule has 0 aliphatic carbocycles. The van der Waals surface area contributed by atoms with Crippen LogP contribution in [0.2, 0.25) is 0 Å². The zero-order valence-electron chi connectivity index (χ0n) is 10.6. The van der Waals surface area contributed by atoms with E-state index in [9.17, 15) is 8.78 Å². The molecule has 0 unspecified atom stereocenters. The van der Waals surface area contributed by atoms with E-state index in [0.29, 0.717) is 23.5 Å². The molecule has 0 aromatic heterocycles. The molecule has 0 fully saturated rings. The quantitative estimate of drug-likeness (QED) is 0.789. The van der Waals surface area contributed by atoms with Gasteiger partial charge in [-0.25, -0.2) is 8.78 Å². The lowest BCUT2D eigenvalue weighted by atomic mass is 9.94. The molecule has 1 aliphatic rings. The molecule has 0 N–H and O–H groups in total. The number of ether oxygens (including phenoxy) is 1. The highest BCUT2D eigenvalue weighted by molar-refractivity contribution is 5.77. The van der Waals surface area contributed by atoms with Crippen molar-refractivity contribution in [3.8, 4) is 22.9 Å². The summed E-state index contributed by atoms with van der Waals surface area (Å²) >= 11 is 0. The van der Waals surface area contributed by atoms with Gasteiger partial charge in [0.15, 0.2) is 0 Å². The highest BCUT2D eigenvalue weighted by Crippen LogP contribution is 2.38. The largest absolute Gasteiger partial charge is 0.493 e. The Morgan fingerprint density at radius 2 is 1.90 bits per heavy atom. The van der Waals surface area contributed by atoms with Crippen LogP contribution in [0.4, 0.5) is 8.78 Å². The molecule has 0 amide bonds. The Labute approximate surface area is 115 Å². The normalized spacial score (nSPS) is 13.2. The lowest BCUT2D eigenvalue weighted by Gasteiger charge is -2.21. The standard InChI is InChI=1S/C16H11F2NO/c17-12-3-4-14(11(7-12)9-19)15-8-13(18)6-10-2-1-5-20-16(10)15/h3-4,6-8H,1-2,5H2. The molecule has 1 aliphatic heterocycles. The number of nitrogens with zero attached hydrogens (tertiary/aromatic N) is 1. The second kappa shape index (κ2) is 4.93. The van der Waals surface area contributed by atoms with Crippen molar-refractivity contribution >= 4 is 0 Å². The molecule has 1 heterocycles. The number of rotatable bonds is 1. The van der Waals surface area contributed by atoms with Gasteiger partial charge in [0.2, 0.25) is 0 Å². The zero-order chi connectivity index (χ0) is 14.1. The minimum atomic E-state index is -0.489. The van der Waals surface area contributed by atoms with E-state index in [1.165, 1.54) is 24.3 Å². The fraction of sp³-hybridized carbons (Fsp3) is 0.188. The van der Waals surface area contributed by atoms with E-state index in [1.807, 2.05) is 6.07 Å². The van der Waals surface area contributed by atoms with Gasteiger partial charge in [0.25, 0.3) is 0 Å². The Bertz CT molecular complexity index is 719. The predicted octanol–water partition coefficient (Wildman–Crippen LogP) is 3.83. The van der Waals surface area contributed by atoms with Crippen molar-refractivity contribution in [2.24, 2.45) is 0 Å². The minimum Gasteiger partial charge on any atom is -0.493 e. The molecular formula is C16H11F2NO. The summed E-state index contributed by atoms with van der Waals surface area (Å²) in [5, 5.41) is 9.13. The van der Waals surface area contributed by atoms with E-state index in [2.05, 4.69) is 0 Å². The molecule has 20 heavy (non-hydrogen) atoms. The molecule has 2 aromatic carbocycles. The maximum absolute atomic E-state index is 13.7. The third-order valence-corrected chi connectivity index (χ3v) is 3.36. The molecule has 0 spiro atoms. The third kappa shape index (κ3) is 2.12. The van der Waals surface area contributed by atoms with Crippen LogP contribution in [0.25, 0.3) is 11.1 Å². The Kier molecular flexibility index (Phi) is 3.11. The highest BCUT2D eigenvalue weighted by atomic mass is 19.1. The first kappa shape index (κ1) is 12.6. The number of hydrogen-bond donors (Lipinski definition) is 0. The lowest BCUT2D eigenvalue weighted by molar-refractivity contribution is 0.289. The zero-order valence-corrected chi connectivity index (χ0v) is 10.6. The SMILES string of the molecule is N#Cc1cc(F)ccc1-c1cc(F)cc2c1OCCC2. The van der Waals surface area contributed by atoms with E-state index in [0.717, 1.165) is 24.5 Å². The van der Waals surface area contributed by atoms with E-state index in [4.69, 9.17) is 10.00 Å². The van der Waals surface area contributed by atoms with Gasteiger partial charge in [0, 0.05) is 11.1 Å². The van der Waals surface area contributed by atoms with Crippen LogP contribution in [0.5, 0.6) is 5.75 Å². The molecule has 2 aromatic rings. The predicted molar refractivity (Wildman–Crippen MR) is 70.3 cm³/mol. The summed E-state index contributed by atoms with van der Waals surface area (Å²) in [6.45, 7) is 0.564. The fourth-order valence-corrected chi connectivity index (χ4v) is 2.49. The average molecular weight is 271 g/mol. The van der Waals surface area contributed by atoms with Crippen molar-refractivity contribution in [3.63, 3.8) is 0 Å². The van der Waals surface area contributed by atoms with Crippen LogP contribution in [-0.2, 0) is 6.42 Å². The highest BCUT2D eigenvalue weighted by Gasteiger charge is 2.19. The van der Waals surface area contributed by atoms with Gasteiger partial charge in [-0.05, 0) is 42.7 Å². The van der Waals surface area contributed by atoms with E-state index < -0.39 is 5.82 Å². The third-order valence-electron chi connectivity index (χ3n) is 3.36. The second-order valence-corrected chi connectivity index (χ2v) is 4.70. The van der Waals surface area contributed by atoms with Gasteiger partial charge in [-0.15, -0.1) is 0 Å². The van der Waals surface area contributed by atoms with Crippen molar-refractivity contribution in [2.45, 2.75) is 12.8 Å². The second-order valence-electron chi connectivity index (χ2n) is 4.70. The minimum absolute atomic E-state index is 0.173. The number of hydrogen-bond acceptors (Lipinski definition) is 2. The molecule has 4 heteroatoms. The first-order valence-electron chi connectivity index (χ1n) is 6.34. The van der Waals surface area contributed by atoms with Gasteiger partial charge in [0.05, 0.1) is 18.2 Å². The van der Waals surface area contributed by atoms with Gasteiger partial charge in [-0.2, -0.15) is 5.26 Å². The van der Waals surface area contributed by atoms with E-state index >= 15 is 0 Å². The topological polar surface area (TPSA) is 33.0 Å². The Hall–Kier alpha value is -2.41. The smallest absolute Gasteiger partial charge is 0.130 e. The Balaban J connectivity index is 2.25. The lowest BCUT2D eigenvalue weighted by Crippen LogP contribution is -2.10. The van der Waals surface area contributed by atoms with Crippen LogP contribution in [-0.4, -0.2) is 6.61 Å². The Morgan fingerprint density at radius 1 is 1.05 bits per heavy atom. The van der Waals surface area contributed by atoms with Crippen LogP contribution in [0.1, 0.15) is 17.5 Å². The summed E-state index contributed by atoms with van der Waals surface area (Å²) in [4.78, 5) is 0. The van der Waals surface area contributed by atoms with Crippen molar-refractivity contribution in [3.05, 3.63) is 53.1 Å². The molecule has 0 radical (unpaired) electrons. The maximum atomic E-state index is 13.7. The summed E-state index contributed by atoms with van der Waals surface area (Å²) in [7, 11) is 0.